The third kappa shape index (κ3) is 4.78. The van der Waals surface area contributed by atoms with Crippen LogP contribution in [0.4, 0.5) is 4.79 Å². The van der Waals surface area contributed by atoms with Crippen LogP contribution in [-0.4, -0.2) is 19.4 Å². The second-order valence-electron chi connectivity index (χ2n) is 2.85. The van der Waals surface area contributed by atoms with Crippen LogP contribution in [-0.2, 0) is 11.3 Å². The van der Waals surface area contributed by atoms with Gasteiger partial charge in [0.25, 0.3) is 0 Å². The van der Waals surface area contributed by atoms with Gasteiger partial charge in [-0.3, -0.25) is 5.43 Å². The minimum absolute atomic E-state index is 0.276. The third-order valence-electron chi connectivity index (χ3n) is 1.70. The van der Waals surface area contributed by atoms with Gasteiger partial charge >= 0.3 is 6.09 Å². The van der Waals surface area contributed by atoms with E-state index in [-0.39, 0.29) is 6.61 Å². The van der Waals surface area contributed by atoms with Gasteiger partial charge < -0.3 is 4.74 Å². The summed E-state index contributed by atoms with van der Waals surface area (Å²) in [7, 11) is 5.01. The Morgan fingerprint density at radius 1 is 1.38 bits per heavy atom. The lowest BCUT2D eigenvalue weighted by Gasteiger charge is -2.06. The number of nitrogens with one attached hydrogen (secondary N) is 2. The highest BCUT2D eigenvalue weighted by Gasteiger charge is 2.00. The van der Waals surface area contributed by atoms with Crippen molar-refractivity contribution in [3.63, 3.8) is 0 Å². The second kappa shape index (κ2) is 7.43. The predicted octanol–water partition coefficient (Wildman–Crippen LogP) is 2.42. The molecule has 0 aliphatic carbocycles. The quantitative estimate of drug-likeness (QED) is 0.627. The molecule has 0 bridgehead atoms. The number of hydrazine groups is 1. The molecule has 0 atom stereocenters. The van der Waals surface area contributed by atoms with Crippen molar-refractivity contribution < 1.29 is 9.53 Å². The van der Waals surface area contributed by atoms with E-state index in [0.717, 1.165) is 5.56 Å². The van der Waals surface area contributed by atoms with Crippen molar-refractivity contribution in [3.8, 4) is 0 Å². The first kappa shape index (κ1) is 13.2. The zero-order valence-electron chi connectivity index (χ0n) is 9.15. The maximum atomic E-state index is 11.0. The molecule has 1 aromatic carbocycles. The van der Waals surface area contributed by atoms with Gasteiger partial charge in [-0.1, -0.05) is 33.7 Å². The first-order valence-electron chi connectivity index (χ1n) is 4.65. The number of amides is 1. The zero-order chi connectivity index (χ0) is 11.8. The van der Waals surface area contributed by atoms with Crippen LogP contribution in [0.5, 0.6) is 0 Å². The van der Waals surface area contributed by atoms with E-state index >= 15 is 0 Å². The SMILES string of the molecule is CNNC(=O)OCc1ccc(SSC)cc1. The molecule has 0 saturated heterocycles. The van der Waals surface area contributed by atoms with Crippen LogP contribution in [0.2, 0.25) is 0 Å². The molecule has 0 aromatic heterocycles. The monoisotopic (exact) mass is 258 g/mol. The van der Waals surface area contributed by atoms with Gasteiger partial charge in [0.05, 0.1) is 0 Å². The molecule has 88 valence electrons. The first-order chi connectivity index (χ1) is 7.76. The highest BCUT2D eigenvalue weighted by molar-refractivity contribution is 8.76. The maximum Gasteiger partial charge on any atom is 0.421 e. The standard InChI is InChI=1S/C10H14N2O2S2/c1-11-12-10(13)14-7-8-3-5-9(6-4-8)16-15-2/h3-6,11H,7H2,1-2H3,(H,12,13). The largest absolute Gasteiger partial charge is 0.444 e. The van der Waals surface area contributed by atoms with Crippen molar-refractivity contribution in [2.45, 2.75) is 11.5 Å². The van der Waals surface area contributed by atoms with Gasteiger partial charge in [0, 0.05) is 11.9 Å². The Morgan fingerprint density at radius 3 is 2.62 bits per heavy atom. The summed E-state index contributed by atoms with van der Waals surface area (Å²) in [4.78, 5) is 12.2. The average Bonchev–Trinajstić information content (AvgIpc) is 2.29. The summed E-state index contributed by atoms with van der Waals surface area (Å²) < 4.78 is 4.94. The summed E-state index contributed by atoms with van der Waals surface area (Å²) in [5.41, 5.74) is 5.80. The molecule has 0 unspecified atom stereocenters. The van der Waals surface area contributed by atoms with E-state index in [4.69, 9.17) is 4.74 Å². The van der Waals surface area contributed by atoms with Crippen LogP contribution in [0.3, 0.4) is 0 Å². The van der Waals surface area contributed by atoms with E-state index in [0.29, 0.717) is 0 Å². The molecule has 6 heteroatoms. The van der Waals surface area contributed by atoms with Gasteiger partial charge in [0.2, 0.25) is 0 Å². The van der Waals surface area contributed by atoms with Gasteiger partial charge in [-0.15, -0.1) is 0 Å². The summed E-state index contributed by atoms with van der Waals surface area (Å²) in [5.74, 6) is 0. The van der Waals surface area contributed by atoms with Crippen molar-refractivity contribution in [2.24, 2.45) is 0 Å². The Hall–Kier alpha value is -0.850. The lowest BCUT2D eigenvalue weighted by Crippen LogP contribution is -2.34. The van der Waals surface area contributed by atoms with E-state index in [9.17, 15) is 4.79 Å². The number of rotatable bonds is 5. The highest BCUT2D eigenvalue weighted by Crippen LogP contribution is 2.28. The fourth-order valence-electron chi connectivity index (χ4n) is 1.02. The smallest absolute Gasteiger partial charge is 0.421 e. The Morgan fingerprint density at radius 2 is 2.06 bits per heavy atom. The second-order valence-corrected chi connectivity index (χ2v) is 5.32. The van der Waals surface area contributed by atoms with Crippen molar-refractivity contribution in [3.05, 3.63) is 29.8 Å². The Kier molecular flexibility index (Phi) is 6.14. The van der Waals surface area contributed by atoms with Crippen molar-refractivity contribution in [1.29, 1.82) is 0 Å². The summed E-state index contributed by atoms with van der Waals surface area (Å²) in [6.07, 6.45) is 1.55. The fraction of sp³-hybridized carbons (Fsp3) is 0.300. The summed E-state index contributed by atoms with van der Waals surface area (Å²) in [5, 5.41) is 0. The van der Waals surface area contributed by atoms with E-state index in [1.165, 1.54) is 4.90 Å². The van der Waals surface area contributed by atoms with Crippen LogP contribution in [0.25, 0.3) is 0 Å². The molecular formula is C10H14N2O2S2. The predicted molar refractivity (Wildman–Crippen MR) is 68.2 cm³/mol. The topological polar surface area (TPSA) is 50.4 Å². The Balaban J connectivity index is 2.40. The molecule has 1 rings (SSSR count). The Bertz CT molecular complexity index is 330. The molecule has 1 aromatic rings. The van der Waals surface area contributed by atoms with Crippen LogP contribution in [0.1, 0.15) is 5.56 Å². The Labute approximate surface area is 103 Å². The molecule has 0 saturated carbocycles. The molecule has 0 fully saturated rings. The number of hydrogen-bond acceptors (Lipinski definition) is 5. The molecule has 16 heavy (non-hydrogen) atoms. The van der Waals surface area contributed by atoms with E-state index < -0.39 is 6.09 Å². The number of ether oxygens (including phenoxy) is 1. The maximum absolute atomic E-state index is 11.0. The number of carbonyl (C=O) groups is 1. The molecule has 0 aliphatic rings. The molecule has 0 aliphatic heterocycles. The third-order valence-corrected chi connectivity index (χ3v) is 3.41. The minimum Gasteiger partial charge on any atom is -0.444 e. The number of hydrogen-bond donors (Lipinski definition) is 2. The normalized spacial score (nSPS) is 9.88. The van der Waals surface area contributed by atoms with Crippen LogP contribution < -0.4 is 10.9 Å². The first-order valence-corrected chi connectivity index (χ1v) is 7.21. The zero-order valence-corrected chi connectivity index (χ0v) is 10.8. The van der Waals surface area contributed by atoms with Crippen molar-refractivity contribution in [2.75, 3.05) is 13.3 Å². The lowest BCUT2D eigenvalue weighted by molar-refractivity contribution is 0.136. The molecule has 2 N–H and O–H groups in total. The number of carbonyl (C=O) groups excluding carboxylic acids is 1. The van der Waals surface area contributed by atoms with E-state index in [1.807, 2.05) is 30.5 Å². The molecule has 4 nitrogen and oxygen atoms in total. The minimum atomic E-state index is -0.481. The lowest BCUT2D eigenvalue weighted by atomic mass is 10.2. The van der Waals surface area contributed by atoms with Gasteiger partial charge in [-0.05, 0) is 24.0 Å². The molecule has 0 radical (unpaired) electrons. The molecule has 0 spiro atoms. The van der Waals surface area contributed by atoms with E-state index in [1.54, 1.807) is 28.6 Å². The van der Waals surface area contributed by atoms with Crippen molar-refractivity contribution in [1.82, 2.24) is 10.9 Å². The van der Waals surface area contributed by atoms with Gasteiger partial charge in [-0.25, -0.2) is 10.2 Å². The molecule has 0 heterocycles. The average molecular weight is 258 g/mol. The van der Waals surface area contributed by atoms with Gasteiger partial charge in [0.1, 0.15) is 6.61 Å². The molecular weight excluding hydrogens is 244 g/mol. The van der Waals surface area contributed by atoms with Crippen LogP contribution >= 0.6 is 21.6 Å². The fourth-order valence-corrected chi connectivity index (χ4v) is 2.37. The summed E-state index contributed by atoms with van der Waals surface area (Å²) >= 11 is 0. The highest BCUT2D eigenvalue weighted by atomic mass is 33.1. The summed E-state index contributed by atoms with van der Waals surface area (Å²) in [6, 6.07) is 7.92. The summed E-state index contributed by atoms with van der Waals surface area (Å²) in [6.45, 7) is 0.276. The van der Waals surface area contributed by atoms with Gasteiger partial charge in [0.15, 0.2) is 0 Å². The van der Waals surface area contributed by atoms with Crippen LogP contribution in [0, 0.1) is 0 Å². The number of benzene rings is 1. The molecule has 1 amide bonds. The van der Waals surface area contributed by atoms with Crippen molar-refractivity contribution >= 4 is 27.7 Å². The van der Waals surface area contributed by atoms with E-state index in [2.05, 4.69) is 10.9 Å². The van der Waals surface area contributed by atoms with Gasteiger partial charge in [-0.2, -0.15) is 0 Å². The van der Waals surface area contributed by atoms with Crippen LogP contribution in [0.15, 0.2) is 29.2 Å².